The summed E-state index contributed by atoms with van der Waals surface area (Å²) in [4.78, 5) is 19.4. The molecule has 0 radical (unpaired) electrons. The molecule has 3 aromatic rings. The summed E-state index contributed by atoms with van der Waals surface area (Å²) in [6.07, 6.45) is 1.63. The van der Waals surface area contributed by atoms with Gasteiger partial charge >= 0.3 is 5.97 Å². The zero-order chi connectivity index (χ0) is 14.8. The largest absolute Gasteiger partial charge is 0.478 e. The highest BCUT2D eigenvalue weighted by molar-refractivity contribution is 9.10. The third-order valence-corrected chi connectivity index (χ3v) is 3.21. The Kier molecular flexibility index (Phi) is 3.49. The van der Waals surface area contributed by atoms with Crippen molar-refractivity contribution in [2.75, 3.05) is 0 Å². The lowest BCUT2D eigenvalue weighted by Gasteiger charge is -1.96. The molecule has 1 N–H and O–H groups in total. The van der Waals surface area contributed by atoms with Gasteiger partial charge in [-0.3, -0.25) is 0 Å². The van der Waals surface area contributed by atoms with E-state index in [4.69, 9.17) is 9.63 Å². The predicted molar refractivity (Wildman–Crippen MR) is 77.6 cm³/mol. The zero-order valence-corrected chi connectivity index (χ0v) is 12.1. The van der Waals surface area contributed by atoms with E-state index in [0.29, 0.717) is 17.1 Å². The van der Waals surface area contributed by atoms with Crippen LogP contribution in [0, 0.1) is 0 Å². The van der Waals surface area contributed by atoms with Crippen LogP contribution >= 0.6 is 15.9 Å². The highest BCUT2D eigenvalue weighted by atomic mass is 79.9. The lowest BCUT2D eigenvalue weighted by atomic mass is 10.1. The Morgan fingerprint density at radius 1 is 1.24 bits per heavy atom. The number of benzene rings is 1. The maximum atomic E-state index is 11.0. The van der Waals surface area contributed by atoms with Crippen molar-refractivity contribution in [1.29, 1.82) is 0 Å². The molecule has 6 nitrogen and oxygen atoms in total. The molecule has 104 valence electrons. The van der Waals surface area contributed by atoms with Gasteiger partial charge in [-0.1, -0.05) is 17.3 Å². The number of carbonyl (C=O) groups is 1. The minimum atomic E-state index is -1.00. The molecule has 0 aliphatic carbocycles. The summed E-state index contributed by atoms with van der Waals surface area (Å²) in [6.45, 7) is 0. The first-order chi connectivity index (χ1) is 10.1. The van der Waals surface area contributed by atoms with Gasteiger partial charge in [0.15, 0.2) is 0 Å². The zero-order valence-electron chi connectivity index (χ0n) is 10.5. The van der Waals surface area contributed by atoms with Crippen molar-refractivity contribution in [3.8, 4) is 23.0 Å². The second kappa shape index (κ2) is 5.45. The molecule has 0 saturated heterocycles. The number of hydrogen-bond donors (Lipinski definition) is 1. The highest BCUT2D eigenvalue weighted by Gasteiger charge is 2.13. The molecule has 0 aliphatic heterocycles. The van der Waals surface area contributed by atoms with E-state index in [1.54, 1.807) is 24.4 Å². The van der Waals surface area contributed by atoms with Gasteiger partial charge in [-0.15, -0.1) is 0 Å². The number of hydrogen-bond acceptors (Lipinski definition) is 5. The number of aromatic nitrogens is 3. The van der Waals surface area contributed by atoms with Gasteiger partial charge < -0.3 is 9.63 Å². The minimum absolute atomic E-state index is 0.167. The first-order valence-electron chi connectivity index (χ1n) is 5.93. The summed E-state index contributed by atoms with van der Waals surface area (Å²) >= 11 is 3.30. The molecule has 21 heavy (non-hydrogen) atoms. The summed E-state index contributed by atoms with van der Waals surface area (Å²) in [7, 11) is 0. The van der Waals surface area contributed by atoms with Crippen molar-refractivity contribution in [3.63, 3.8) is 0 Å². The Hall–Kier alpha value is -2.54. The first-order valence-corrected chi connectivity index (χ1v) is 6.72. The normalized spacial score (nSPS) is 10.5. The molecular weight excluding hydrogens is 338 g/mol. The van der Waals surface area contributed by atoms with E-state index in [0.717, 1.165) is 4.47 Å². The van der Waals surface area contributed by atoms with Crippen LogP contribution in [0.15, 0.2) is 51.6 Å². The van der Waals surface area contributed by atoms with Gasteiger partial charge in [-0.2, -0.15) is 4.98 Å². The quantitative estimate of drug-likeness (QED) is 0.783. The Morgan fingerprint density at radius 3 is 2.81 bits per heavy atom. The Morgan fingerprint density at radius 2 is 2.10 bits per heavy atom. The molecule has 3 rings (SSSR count). The molecule has 1 aromatic carbocycles. The second-order valence-corrected chi connectivity index (χ2v) is 5.09. The fraction of sp³-hybridized carbons (Fsp3) is 0. The standard InChI is InChI=1S/C14H8BrN3O3/c15-10-4-5-11(16-7-10)13-17-12(18-21-13)8-2-1-3-9(6-8)14(19)20/h1-7H,(H,19,20). The number of halogens is 1. The van der Waals surface area contributed by atoms with Crippen LogP contribution < -0.4 is 0 Å². The van der Waals surface area contributed by atoms with Crippen LogP contribution in [-0.4, -0.2) is 26.2 Å². The summed E-state index contributed by atoms with van der Waals surface area (Å²) in [5.74, 6) is -0.411. The molecular formula is C14H8BrN3O3. The number of rotatable bonds is 3. The smallest absolute Gasteiger partial charge is 0.335 e. The summed E-state index contributed by atoms with van der Waals surface area (Å²) < 4.78 is 6.01. The van der Waals surface area contributed by atoms with Gasteiger partial charge in [0.25, 0.3) is 5.89 Å². The van der Waals surface area contributed by atoms with Crippen LogP contribution in [0.1, 0.15) is 10.4 Å². The van der Waals surface area contributed by atoms with E-state index in [9.17, 15) is 4.79 Å². The summed E-state index contributed by atoms with van der Waals surface area (Å²) in [5, 5.41) is 12.8. The predicted octanol–water partition coefficient (Wildman–Crippen LogP) is 3.26. The van der Waals surface area contributed by atoms with Crippen molar-refractivity contribution >= 4 is 21.9 Å². The third kappa shape index (κ3) is 2.82. The van der Waals surface area contributed by atoms with E-state index in [1.807, 2.05) is 6.07 Å². The summed E-state index contributed by atoms with van der Waals surface area (Å²) in [5.41, 5.74) is 1.29. The average molecular weight is 346 g/mol. The van der Waals surface area contributed by atoms with Gasteiger partial charge in [0.05, 0.1) is 5.56 Å². The number of carboxylic acids is 1. The lowest BCUT2D eigenvalue weighted by molar-refractivity contribution is 0.0697. The van der Waals surface area contributed by atoms with Crippen molar-refractivity contribution in [1.82, 2.24) is 15.1 Å². The fourth-order valence-electron chi connectivity index (χ4n) is 1.74. The molecule has 0 fully saturated rings. The molecule has 0 atom stereocenters. The molecule has 0 unspecified atom stereocenters. The SMILES string of the molecule is O=C(O)c1cccc(-c2noc(-c3ccc(Br)cn3)n2)c1. The van der Waals surface area contributed by atoms with E-state index < -0.39 is 5.97 Å². The number of pyridine rings is 1. The van der Waals surface area contributed by atoms with Crippen molar-refractivity contribution in [2.24, 2.45) is 0 Å². The summed E-state index contributed by atoms with van der Waals surface area (Å²) in [6, 6.07) is 9.91. The van der Waals surface area contributed by atoms with Crippen LogP contribution in [-0.2, 0) is 0 Å². The Balaban J connectivity index is 1.96. The van der Waals surface area contributed by atoms with Crippen LogP contribution in [0.25, 0.3) is 23.0 Å². The van der Waals surface area contributed by atoms with Crippen molar-refractivity contribution < 1.29 is 14.4 Å². The van der Waals surface area contributed by atoms with Gasteiger partial charge in [-0.05, 0) is 40.2 Å². The maximum Gasteiger partial charge on any atom is 0.335 e. The highest BCUT2D eigenvalue weighted by Crippen LogP contribution is 2.22. The molecule has 7 heteroatoms. The van der Waals surface area contributed by atoms with Crippen molar-refractivity contribution in [2.45, 2.75) is 0 Å². The first kappa shape index (κ1) is 13.4. The van der Waals surface area contributed by atoms with Crippen LogP contribution in [0.3, 0.4) is 0 Å². The molecule has 0 bridgehead atoms. The van der Waals surface area contributed by atoms with Gasteiger partial charge in [0, 0.05) is 16.2 Å². The molecule has 0 amide bonds. The average Bonchev–Trinajstić information content (AvgIpc) is 2.98. The number of carboxylic acid groups (broad SMARTS) is 1. The maximum absolute atomic E-state index is 11.0. The van der Waals surface area contributed by atoms with E-state index in [2.05, 4.69) is 31.1 Å². The van der Waals surface area contributed by atoms with Crippen molar-refractivity contribution in [3.05, 3.63) is 52.6 Å². The van der Waals surface area contributed by atoms with Crippen LogP contribution in [0.4, 0.5) is 0 Å². The van der Waals surface area contributed by atoms with Gasteiger partial charge in [0.1, 0.15) is 5.69 Å². The van der Waals surface area contributed by atoms with E-state index in [1.165, 1.54) is 12.1 Å². The van der Waals surface area contributed by atoms with Crippen LogP contribution in [0.2, 0.25) is 0 Å². The molecule has 2 aromatic heterocycles. The molecule has 0 saturated carbocycles. The van der Waals surface area contributed by atoms with Gasteiger partial charge in [0.2, 0.25) is 5.82 Å². The lowest BCUT2D eigenvalue weighted by Crippen LogP contribution is -1.96. The Bertz CT molecular complexity index is 799. The second-order valence-electron chi connectivity index (χ2n) is 4.17. The minimum Gasteiger partial charge on any atom is -0.478 e. The molecule has 0 aliphatic rings. The topological polar surface area (TPSA) is 89.1 Å². The van der Waals surface area contributed by atoms with Gasteiger partial charge in [-0.25, -0.2) is 9.78 Å². The van der Waals surface area contributed by atoms with E-state index in [-0.39, 0.29) is 11.5 Å². The molecule has 2 heterocycles. The number of nitrogens with zero attached hydrogens (tertiary/aromatic N) is 3. The monoisotopic (exact) mass is 345 g/mol. The van der Waals surface area contributed by atoms with E-state index >= 15 is 0 Å². The van der Waals surface area contributed by atoms with Crippen LogP contribution in [0.5, 0.6) is 0 Å². The molecule has 0 spiro atoms. The number of aromatic carboxylic acids is 1. The fourth-order valence-corrected chi connectivity index (χ4v) is 1.97. The third-order valence-electron chi connectivity index (χ3n) is 2.74. The Labute approximate surface area is 127 Å².